The Morgan fingerprint density at radius 2 is 2.09 bits per heavy atom. The summed E-state index contributed by atoms with van der Waals surface area (Å²) in [5.41, 5.74) is 0. The first-order valence-electron chi connectivity index (χ1n) is 4.40. The fourth-order valence-electron chi connectivity index (χ4n) is 1.01. The maximum absolute atomic E-state index is 2.48. The van der Waals surface area contributed by atoms with E-state index >= 15 is 0 Å². The molecular formula is C9H19NS. The molecule has 1 aliphatic rings. The van der Waals surface area contributed by atoms with Crippen LogP contribution in [-0.2, 0) is 0 Å². The Labute approximate surface area is 74.5 Å². The van der Waals surface area contributed by atoms with Crippen molar-refractivity contribution in [2.75, 3.05) is 19.3 Å². The predicted molar refractivity (Wildman–Crippen MR) is 52.9 cm³/mol. The lowest BCUT2D eigenvalue weighted by Crippen LogP contribution is -2.32. The van der Waals surface area contributed by atoms with Crippen LogP contribution in [0, 0.1) is 5.92 Å². The van der Waals surface area contributed by atoms with E-state index in [4.69, 9.17) is 0 Å². The normalized spacial score (nSPS) is 30.0. The number of rotatable bonds is 4. The minimum Gasteiger partial charge on any atom is -0.292 e. The lowest BCUT2D eigenvalue weighted by molar-refractivity contribution is 0.256. The Bertz CT molecular complexity index is 130. The lowest BCUT2D eigenvalue weighted by Gasteiger charge is -2.23. The largest absolute Gasteiger partial charge is 0.292 e. The third-order valence-corrected chi connectivity index (χ3v) is 3.85. The van der Waals surface area contributed by atoms with Crippen LogP contribution in [0.1, 0.15) is 27.2 Å². The van der Waals surface area contributed by atoms with Crippen molar-refractivity contribution >= 4 is 11.8 Å². The second-order valence-electron chi connectivity index (χ2n) is 4.07. The summed E-state index contributed by atoms with van der Waals surface area (Å²) >= 11 is 2.06. The van der Waals surface area contributed by atoms with E-state index in [0.29, 0.717) is 4.87 Å². The van der Waals surface area contributed by atoms with Gasteiger partial charge in [-0.15, -0.1) is 11.8 Å². The van der Waals surface area contributed by atoms with Crippen molar-refractivity contribution in [3.8, 4) is 0 Å². The highest BCUT2D eigenvalue weighted by Gasteiger charge is 2.42. The van der Waals surface area contributed by atoms with Gasteiger partial charge in [-0.3, -0.25) is 4.90 Å². The van der Waals surface area contributed by atoms with Gasteiger partial charge in [0, 0.05) is 5.75 Å². The molecule has 1 atom stereocenters. The molecule has 0 N–H and O–H groups in total. The number of nitrogens with zero attached hydrogens (tertiary/aromatic N) is 1. The van der Waals surface area contributed by atoms with Crippen LogP contribution in [-0.4, -0.2) is 29.1 Å². The van der Waals surface area contributed by atoms with Crippen LogP contribution in [0.5, 0.6) is 0 Å². The standard InChI is InChI=1S/C9H19NS/c1-8(2)5-6-10(4)9(3)7-11-9/h8H,5-7H2,1-4H3. The minimum atomic E-state index is 0.495. The minimum absolute atomic E-state index is 0.495. The second-order valence-corrected chi connectivity index (χ2v) is 5.52. The van der Waals surface area contributed by atoms with Crippen molar-refractivity contribution in [2.24, 2.45) is 5.92 Å². The highest BCUT2D eigenvalue weighted by molar-refractivity contribution is 8.07. The SMILES string of the molecule is CC(C)CCN(C)C1(C)CS1. The molecule has 66 valence electrons. The van der Waals surface area contributed by atoms with Crippen LogP contribution in [0.25, 0.3) is 0 Å². The van der Waals surface area contributed by atoms with Gasteiger partial charge in [0.1, 0.15) is 0 Å². The molecule has 0 aromatic rings. The topological polar surface area (TPSA) is 3.24 Å². The van der Waals surface area contributed by atoms with Gasteiger partial charge in [0.05, 0.1) is 4.87 Å². The van der Waals surface area contributed by atoms with Crippen LogP contribution in [0.2, 0.25) is 0 Å². The third kappa shape index (κ3) is 2.68. The summed E-state index contributed by atoms with van der Waals surface area (Å²) in [4.78, 5) is 2.98. The fraction of sp³-hybridized carbons (Fsp3) is 1.00. The quantitative estimate of drug-likeness (QED) is 0.601. The van der Waals surface area contributed by atoms with E-state index in [0.717, 1.165) is 5.92 Å². The van der Waals surface area contributed by atoms with Crippen molar-refractivity contribution in [1.82, 2.24) is 4.90 Å². The van der Waals surface area contributed by atoms with E-state index in [1.165, 1.54) is 18.7 Å². The Kier molecular flexibility index (Phi) is 2.87. The van der Waals surface area contributed by atoms with Crippen LogP contribution >= 0.6 is 11.8 Å². The molecule has 1 nitrogen and oxygen atoms in total. The highest BCUT2D eigenvalue weighted by Crippen LogP contribution is 2.46. The van der Waals surface area contributed by atoms with Gasteiger partial charge in [0.25, 0.3) is 0 Å². The molecule has 0 bridgehead atoms. The summed E-state index contributed by atoms with van der Waals surface area (Å²) in [6.45, 7) is 8.16. The van der Waals surface area contributed by atoms with E-state index < -0.39 is 0 Å². The molecule has 0 saturated carbocycles. The molecule has 1 heterocycles. The van der Waals surface area contributed by atoms with Gasteiger partial charge in [0.2, 0.25) is 0 Å². The summed E-state index contributed by atoms with van der Waals surface area (Å²) < 4.78 is 0. The Balaban J connectivity index is 2.16. The molecule has 0 spiro atoms. The molecule has 2 heteroatoms. The molecule has 11 heavy (non-hydrogen) atoms. The third-order valence-electron chi connectivity index (χ3n) is 2.41. The Morgan fingerprint density at radius 1 is 1.55 bits per heavy atom. The van der Waals surface area contributed by atoms with Crippen molar-refractivity contribution in [3.63, 3.8) is 0 Å². The zero-order valence-corrected chi connectivity index (χ0v) is 8.87. The number of hydrogen-bond donors (Lipinski definition) is 0. The molecule has 0 aromatic heterocycles. The van der Waals surface area contributed by atoms with E-state index in [-0.39, 0.29) is 0 Å². The van der Waals surface area contributed by atoms with E-state index in [1.807, 2.05) is 0 Å². The zero-order chi connectivity index (χ0) is 8.48. The van der Waals surface area contributed by atoms with Gasteiger partial charge in [-0.25, -0.2) is 0 Å². The van der Waals surface area contributed by atoms with Gasteiger partial charge < -0.3 is 0 Å². The van der Waals surface area contributed by atoms with E-state index in [1.54, 1.807) is 0 Å². The maximum Gasteiger partial charge on any atom is 0.0732 e. The van der Waals surface area contributed by atoms with Crippen LogP contribution < -0.4 is 0 Å². The van der Waals surface area contributed by atoms with Gasteiger partial charge in [-0.1, -0.05) is 13.8 Å². The van der Waals surface area contributed by atoms with Gasteiger partial charge in [0.15, 0.2) is 0 Å². The summed E-state index contributed by atoms with van der Waals surface area (Å²) in [5.74, 6) is 2.16. The van der Waals surface area contributed by atoms with Crippen molar-refractivity contribution in [3.05, 3.63) is 0 Å². The first kappa shape index (κ1) is 9.40. The lowest BCUT2D eigenvalue weighted by atomic mass is 10.1. The van der Waals surface area contributed by atoms with Crippen LogP contribution in [0.3, 0.4) is 0 Å². The summed E-state index contributed by atoms with van der Waals surface area (Å²) in [6.07, 6.45) is 1.33. The van der Waals surface area contributed by atoms with Crippen LogP contribution in [0.4, 0.5) is 0 Å². The molecule has 0 amide bonds. The smallest absolute Gasteiger partial charge is 0.0732 e. The van der Waals surface area contributed by atoms with Crippen molar-refractivity contribution in [1.29, 1.82) is 0 Å². The molecule has 0 radical (unpaired) electrons. The molecule has 1 saturated heterocycles. The average Bonchev–Trinajstić information content (AvgIpc) is 2.64. The van der Waals surface area contributed by atoms with Crippen LogP contribution in [0.15, 0.2) is 0 Å². The maximum atomic E-state index is 2.48. The molecule has 1 aliphatic heterocycles. The molecule has 0 aromatic carbocycles. The van der Waals surface area contributed by atoms with Gasteiger partial charge >= 0.3 is 0 Å². The summed E-state index contributed by atoms with van der Waals surface area (Å²) in [5, 5.41) is 0. The first-order chi connectivity index (χ1) is 5.04. The predicted octanol–water partition coefficient (Wildman–Crippen LogP) is 2.43. The summed E-state index contributed by atoms with van der Waals surface area (Å²) in [6, 6.07) is 0. The van der Waals surface area contributed by atoms with Gasteiger partial charge in [-0.2, -0.15) is 0 Å². The van der Waals surface area contributed by atoms with Crippen molar-refractivity contribution < 1.29 is 0 Å². The fourth-order valence-corrected chi connectivity index (χ4v) is 1.75. The monoisotopic (exact) mass is 173 g/mol. The average molecular weight is 173 g/mol. The van der Waals surface area contributed by atoms with Gasteiger partial charge in [-0.05, 0) is 32.9 Å². The van der Waals surface area contributed by atoms with E-state index in [2.05, 4.69) is 44.5 Å². The molecule has 1 rings (SSSR count). The Hall–Kier alpha value is 0.310. The second kappa shape index (κ2) is 3.36. The zero-order valence-electron chi connectivity index (χ0n) is 8.05. The van der Waals surface area contributed by atoms with Crippen molar-refractivity contribution in [2.45, 2.75) is 32.1 Å². The molecular weight excluding hydrogens is 154 g/mol. The number of hydrogen-bond acceptors (Lipinski definition) is 2. The summed E-state index contributed by atoms with van der Waals surface area (Å²) in [7, 11) is 2.24. The molecule has 1 fully saturated rings. The first-order valence-corrected chi connectivity index (χ1v) is 5.38. The van der Waals surface area contributed by atoms with E-state index in [9.17, 15) is 0 Å². The molecule has 1 unspecified atom stereocenters. The molecule has 0 aliphatic carbocycles. The highest BCUT2D eigenvalue weighted by atomic mass is 32.2. The Morgan fingerprint density at radius 3 is 2.45 bits per heavy atom. The number of thioether (sulfide) groups is 1.